The SMILES string of the molecule is COC(=O)c1cc(I)c(Cl)cc1Br. The molecular formula is C8H5BrClIO2. The van der Waals surface area contributed by atoms with Gasteiger partial charge in [0.25, 0.3) is 0 Å². The summed E-state index contributed by atoms with van der Waals surface area (Å²) in [6.07, 6.45) is 0. The Kier molecular flexibility index (Phi) is 4.00. The van der Waals surface area contributed by atoms with Gasteiger partial charge in [-0.15, -0.1) is 0 Å². The van der Waals surface area contributed by atoms with Crippen molar-refractivity contribution < 1.29 is 9.53 Å². The molecule has 1 rings (SSSR count). The second kappa shape index (κ2) is 4.61. The Morgan fingerprint density at radius 2 is 2.23 bits per heavy atom. The zero-order valence-electron chi connectivity index (χ0n) is 6.61. The largest absolute Gasteiger partial charge is 0.465 e. The number of ether oxygens (including phenoxy) is 1. The summed E-state index contributed by atoms with van der Waals surface area (Å²) >= 11 is 11.1. The number of esters is 1. The van der Waals surface area contributed by atoms with Crippen LogP contribution in [0.15, 0.2) is 16.6 Å². The number of rotatable bonds is 1. The molecule has 5 heteroatoms. The van der Waals surface area contributed by atoms with Gasteiger partial charge in [0.05, 0.1) is 17.7 Å². The van der Waals surface area contributed by atoms with Gasteiger partial charge >= 0.3 is 5.97 Å². The zero-order chi connectivity index (χ0) is 10.0. The highest BCUT2D eigenvalue weighted by Gasteiger charge is 2.12. The third-order valence-electron chi connectivity index (χ3n) is 1.42. The summed E-state index contributed by atoms with van der Waals surface area (Å²) < 4.78 is 6.06. The first-order valence-corrected chi connectivity index (χ1v) is 5.54. The highest BCUT2D eigenvalue weighted by Crippen LogP contribution is 2.27. The molecule has 0 aliphatic rings. The summed E-state index contributed by atoms with van der Waals surface area (Å²) in [5.41, 5.74) is 0.483. The van der Waals surface area contributed by atoms with Crippen LogP contribution < -0.4 is 0 Å². The summed E-state index contributed by atoms with van der Waals surface area (Å²) in [4.78, 5) is 11.2. The summed E-state index contributed by atoms with van der Waals surface area (Å²) in [6.45, 7) is 0. The van der Waals surface area contributed by atoms with Gasteiger partial charge in [0.1, 0.15) is 0 Å². The van der Waals surface area contributed by atoms with Crippen LogP contribution in [0.25, 0.3) is 0 Å². The lowest BCUT2D eigenvalue weighted by atomic mass is 10.2. The molecule has 0 N–H and O–H groups in total. The summed E-state index contributed by atoms with van der Waals surface area (Å²) in [7, 11) is 1.34. The third-order valence-corrected chi connectivity index (χ3v) is 3.60. The lowest BCUT2D eigenvalue weighted by Gasteiger charge is -2.04. The third kappa shape index (κ3) is 2.57. The van der Waals surface area contributed by atoms with Crippen LogP contribution in [-0.2, 0) is 4.74 Å². The quantitative estimate of drug-likeness (QED) is 0.427. The number of carbonyl (C=O) groups excluding carboxylic acids is 1. The van der Waals surface area contributed by atoms with Crippen LogP contribution >= 0.6 is 50.1 Å². The standard InChI is InChI=1S/C8H5BrClIO2/c1-13-8(12)4-2-7(11)6(10)3-5(4)9/h2-3H,1H3. The minimum atomic E-state index is -0.374. The van der Waals surface area contributed by atoms with Crippen molar-refractivity contribution in [2.45, 2.75) is 0 Å². The van der Waals surface area contributed by atoms with Gasteiger partial charge < -0.3 is 4.74 Å². The van der Waals surface area contributed by atoms with E-state index in [1.54, 1.807) is 12.1 Å². The van der Waals surface area contributed by atoms with Gasteiger partial charge in [-0.05, 0) is 50.7 Å². The van der Waals surface area contributed by atoms with Crippen molar-refractivity contribution in [3.05, 3.63) is 30.8 Å². The molecule has 0 spiro atoms. The van der Waals surface area contributed by atoms with Crippen molar-refractivity contribution in [1.29, 1.82) is 0 Å². The number of methoxy groups -OCH3 is 1. The smallest absolute Gasteiger partial charge is 0.339 e. The maximum atomic E-state index is 11.2. The van der Waals surface area contributed by atoms with Gasteiger partial charge in [0.15, 0.2) is 0 Å². The molecule has 0 bridgehead atoms. The molecule has 0 saturated carbocycles. The topological polar surface area (TPSA) is 26.3 Å². The van der Waals surface area contributed by atoms with E-state index in [0.29, 0.717) is 15.1 Å². The molecule has 0 unspecified atom stereocenters. The Morgan fingerprint density at radius 1 is 1.62 bits per heavy atom. The fourth-order valence-electron chi connectivity index (χ4n) is 0.789. The molecule has 0 heterocycles. The van der Waals surface area contributed by atoms with E-state index in [0.717, 1.165) is 3.57 Å². The van der Waals surface area contributed by atoms with E-state index in [2.05, 4.69) is 43.3 Å². The van der Waals surface area contributed by atoms with Gasteiger partial charge in [-0.2, -0.15) is 0 Å². The highest BCUT2D eigenvalue weighted by molar-refractivity contribution is 14.1. The number of hydrogen-bond acceptors (Lipinski definition) is 2. The Labute approximate surface area is 103 Å². The van der Waals surface area contributed by atoms with Crippen molar-refractivity contribution in [2.24, 2.45) is 0 Å². The first-order chi connectivity index (χ1) is 6.06. The Morgan fingerprint density at radius 3 is 2.77 bits per heavy atom. The second-order valence-electron chi connectivity index (χ2n) is 2.24. The molecule has 0 amide bonds. The molecule has 2 nitrogen and oxygen atoms in total. The minimum absolute atomic E-state index is 0.374. The lowest BCUT2D eigenvalue weighted by Crippen LogP contribution is -2.02. The van der Waals surface area contributed by atoms with Crippen molar-refractivity contribution in [1.82, 2.24) is 0 Å². The van der Waals surface area contributed by atoms with Crippen molar-refractivity contribution >= 4 is 56.1 Å². The van der Waals surface area contributed by atoms with E-state index in [9.17, 15) is 4.79 Å². The summed E-state index contributed by atoms with van der Waals surface area (Å²) in [5, 5.41) is 0.611. The van der Waals surface area contributed by atoms with E-state index in [1.165, 1.54) is 7.11 Å². The van der Waals surface area contributed by atoms with Gasteiger partial charge in [0.2, 0.25) is 0 Å². The van der Waals surface area contributed by atoms with Gasteiger partial charge in [0, 0.05) is 8.04 Å². The fourth-order valence-corrected chi connectivity index (χ4v) is 2.06. The van der Waals surface area contributed by atoms with Crippen LogP contribution in [-0.4, -0.2) is 13.1 Å². The van der Waals surface area contributed by atoms with E-state index in [-0.39, 0.29) is 5.97 Å². The molecular weight excluding hydrogens is 370 g/mol. The molecule has 13 heavy (non-hydrogen) atoms. The van der Waals surface area contributed by atoms with Crippen molar-refractivity contribution in [3.8, 4) is 0 Å². The van der Waals surface area contributed by atoms with Crippen LogP contribution in [0.2, 0.25) is 5.02 Å². The molecule has 70 valence electrons. The number of halogens is 3. The lowest BCUT2D eigenvalue weighted by molar-refractivity contribution is 0.0599. The summed E-state index contributed by atoms with van der Waals surface area (Å²) in [5.74, 6) is -0.374. The normalized spacial score (nSPS) is 9.85. The molecule has 0 aromatic heterocycles. The molecule has 1 aromatic rings. The first kappa shape index (κ1) is 11.3. The van der Waals surface area contributed by atoms with Gasteiger partial charge in [-0.1, -0.05) is 11.6 Å². The molecule has 0 fully saturated rings. The average Bonchev–Trinajstić information content (AvgIpc) is 2.10. The monoisotopic (exact) mass is 374 g/mol. The molecule has 0 radical (unpaired) electrons. The molecule has 0 aliphatic heterocycles. The van der Waals surface area contributed by atoms with E-state index in [1.807, 2.05) is 0 Å². The number of benzene rings is 1. The van der Waals surface area contributed by atoms with Crippen molar-refractivity contribution in [2.75, 3.05) is 7.11 Å². The van der Waals surface area contributed by atoms with Crippen molar-refractivity contribution in [3.63, 3.8) is 0 Å². The molecule has 0 atom stereocenters. The van der Waals surface area contributed by atoms with Gasteiger partial charge in [-0.3, -0.25) is 0 Å². The van der Waals surface area contributed by atoms with E-state index >= 15 is 0 Å². The predicted molar refractivity (Wildman–Crippen MR) is 63.2 cm³/mol. The van der Waals surface area contributed by atoms with Crippen LogP contribution in [0.3, 0.4) is 0 Å². The maximum absolute atomic E-state index is 11.2. The Hall–Kier alpha value is 0.190. The van der Waals surface area contributed by atoms with E-state index < -0.39 is 0 Å². The second-order valence-corrected chi connectivity index (χ2v) is 4.66. The first-order valence-electron chi connectivity index (χ1n) is 3.29. The zero-order valence-corrected chi connectivity index (χ0v) is 11.1. The Bertz CT molecular complexity index is 354. The highest BCUT2D eigenvalue weighted by atomic mass is 127. The number of hydrogen-bond donors (Lipinski definition) is 0. The van der Waals surface area contributed by atoms with Crippen LogP contribution in [0.4, 0.5) is 0 Å². The summed E-state index contributed by atoms with van der Waals surface area (Å²) in [6, 6.07) is 3.36. The van der Waals surface area contributed by atoms with Gasteiger partial charge in [-0.25, -0.2) is 4.79 Å². The maximum Gasteiger partial charge on any atom is 0.339 e. The molecule has 0 aliphatic carbocycles. The van der Waals surface area contributed by atoms with Crippen LogP contribution in [0.1, 0.15) is 10.4 Å². The molecule has 1 aromatic carbocycles. The minimum Gasteiger partial charge on any atom is -0.465 e. The van der Waals surface area contributed by atoms with Crippen LogP contribution in [0, 0.1) is 3.57 Å². The number of carbonyl (C=O) groups is 1. The van der Waals surface area contributed by atoms with E-state index in [4.69, 9.17) is 11.6 Å². The average molecular weight is 375 g/mol. The fraction of sp³-hybridized carbons (Fsp3) is 0.125. The van der Waals surface area contributed by atoms with Crippen LogP contribution in [0.5, 0.6) is 0 Å². The predicted octanol–water partition coefficient (Wildman–Crippen LogP) is 3.49. The Balaban J connectivity index is 3.23. The molecule has 0 saturated heterocycles.